The fraction of sp³-hybridized carbons (Fsp3) is 0.650. The fourth-order valence-electron chi connectivity index (χ4n) is 4.06. The molecule has 2 saturated heterocycles. The molecule has 162 valence electrons. The van der Waals surface area contributed by atoms with Crippen LogP contribution in [0.5, 0.6) is 5.75 Å². The predicted octanol–water partition coefficient (Wildman–Crippen LogP) is 0.602. The van der Waals surface area contributed by atoms with Crippen molar-refractivity contribution >= 4 is 15.9 Å². The van der Waals surface area contributed by atoms with E-state index in [2.05, 4.69) is 17.1 Å². The minimum Gasteiger partial charge on any atom is -0.497 e. The number of methoxy groups -OCH3 is 1. The van der Waals surface area contributed by atoms with Crippen LogP contribution in [-0.2, 0) is 14.8 Å². The first-order chi connectivity index (χ1) is 14.0. The van der Waals surface area contributed by atoms with Gasteiger partial charge in [-0.1, -0.05) is 6.92 Å². The predicted molar refractivity (Wildman–Crippen MR) is 111 cm³/mol. The number of piperazine rings is 1. The Hall–Kier alpha value is -1.68. The molecule has 0 aliphatic carbocycles. The van der Waals surface area contributed by atoms with Gasteiger partial charge in [0.25, 0.3) is 0 Å². The van der Waals surface area contributed by atoms with E-state index in [4.69, 9.17) is 4.74 Å². The molecule has 1 aromatic carbocycles. The van der Waals surface area contributed by atoms with Crippen LogP contribution in [-0.4, -0.2) is 93.9 Å². The quantitative estimate of drug-likeness (QED) is 0.658. The Morgan fingerprint density at radius 1 is 1.21 bits per heavy atom. The maximum Gasteiger partial charge on any atom is 0.243 e. The van der Waals surface area contributed by atoms with Crippen molar-refractivity contribution in [2.45, 2.75) is 30.7 Å². The molecule has 2 aliphatic heterocycles. The molecule has 1 amide bonds. The average Bonchev–Trinajstić information content (AvgIpc) is 3.21. The van der Waals surface area contributed by atoms with E-state index >= 15 is 0 Å². The number of carbonyl (C=O) groups is 1. The molecule has 0 bridgehead atoms. The zero-order chi connectivity index (χ0) is 20.9. The number of likely N-dealkylation sites (tertiary alicyclic amines) is 1. The van der Waals surface area contributed by atoms with Gasteiger partial charge in [-0.05, 0) is 50.2 Å². The average molecular weight is 425 g/mol. The maximum atomic E-state index is 13.4. The first kappa shape index (κ1) is 22.0. The minimum absolute atomic E-state index is 0.123. The molecule has 1 atom stereocenters. The Balaban J connectivity index is 1.82. The summed E-state index contributed by atoms with van der Waals surface area (Å²) < 4.78 is 33.3. The van der Waals surface area contributed by atoms with Gasteiger partial charge in [0.2, 0.25) is 15.9 Å². The van der Waals surface area contributed by atoms with Crippen LogP contribution >= 0.6 is 0 Å². The third kappa shape index (κ3) is 5.28. The number of ether oxygens (including phenoxy) is 1. The van der Waals surface area contributed by atoms with Crippen LogP contribution in [0.1, 0.15) is 19.8 Å². The lowest BCUT2D eigenvalue weighted by Gasteiger charge is -2.32. The van der Waals surface area contributed by atoms with Crippen molar-refractivity contribution in [3.63, 3.8) is 0 Å². The number of nitrogens with one attached hydrogen (secondary N) is 1. The molecule has 8 nitrogen and oxygen atoms in total. The van der Waals surface area contributed by atoms with Gasteiger partial charge < -0.3 is 15.0 Å². The van der Waals surface area contributed by atoms with Gasteiger partial charge in [0, 0.05) is 38.8 Å². The third-order valence-corrected chi connectivity index (χ3v) is 7.62. The van der Waals surface area contributed by atoms with E-state index in [-0.39, 0.29) is 23.4 Å². The van der Waals surface area contributed by atoms with Gasteiger partial charge in [-0.2, -0.15) is 4.31 Å². The van der Waals surface area contributed by atoms with Crippen LogP contribution in [0, 0.1) is 0 Å². The van der Waals surface area contributed by atoms with Crippen molar-refractivity contribution in [3.8, 4) is 5.75 Å². The van der Waals surface area contributed by atoms with Crippen LogP contribution in [0.25, 0.3) is 0 Å². The molecule has 2 aliphatic rings. The van der Waals surface area contributed by atoms with Gasteiger partial charge in [-0.25, -0.2) is 8.42 Å². The van der Waals surface area contributed by atoms with E-state index in [1.807, 2.05) is 0 Å². The van der Waals surface area contributed by atoms with Crippen molar-refractivity contribution < 1.29 is 17.9 Å². The minimum atomic E-state index is -3.79. The second-order valence-corrected chi connectivity index (χ2v) is 9.47. The molecule has 0 unspecified atom stereocenters. The number of carbonyl (C=O) groups excluding carboxylic acids is 1. The molecule has 9 heteroatoms. The largest absolute Gasteiger partial charge is 0.497 e. The zero-order valence-corrected chi connectivity index (χ0v) is 18.2. The summed E-state index contributed by atoms with van der Waals surface area (Å²) in [5.41, 5.74) is 0. The molecule has 3 rings (SSSR count). The number of hydrogen-bond acceptors (Lipinski definition) is 6. The topological polar surface area (TPSA) is 82.2 Å². The van der Waals surface area contributed by atoms with E-state index in [1.54, 1.807) is 36.3 Å². The van der Waals surface area contributed by atoms with Crippen LogP contribution in [0.4, 0.5) is 0 Å². The molecule has 0 saturated carbocycles. The normalized spacial score (nSPS) is 20.9. The van der Waals surface area contributed by atoms with E-state index in [1.165, 1.54) is 4.31 Å². The summed E-state index contributed by atoms with van der Waals surface area (Å²) in [6.07, 6.45) is 2.00. The van der Waals surface area contributed by atoms with E-state index < -0.39 is 10.0 Å². The zero-order valence-electron chi connectivity index (χ0n) is 17.3. The molecule has 0 aromatic heterocycles. The molecule has 2 heterocycles. The number of benzene rings is 1. The number of amides is 1. The number of nitrogens with zero attached hydrogens (tertiary/aromatic N) is 3. The van der Waals surface area contributed by atoms with Crippen molar-refractivity contribution in [1.29, 1.82) is 0 Å². The van der Waals surface area contributed by atoms with E-state index in [9.17, 15) is 13.2 Å². The number of rotatable bonds is 8. The fourth-order valence-corrected chi connectivity index (χ4v) is 5.49. The lowest BCUT2D eigenvalue weighted by Crippen LogP contribution is -2.52. The summed E-state index contributed by atoms with van der Waals surface area (Å²) in [5.74, 6) is 0.463. The highest BCUT2D eigenvalue weighted by Gasteiger charge is 2.34. The highest BCUT2D eigenvalue weighted by molar-refractivity contribution is 7.89. The summed E-state index contributed by atoms with van der Waals surface area (Å²) in [4.78, 5) is 17.1. The summed E-state index contributed by atoms with van der Waals surface area (Å²) in [6, 6.07) is 6.50. The van der Waals surface area contributed by atoms with Crippen molar-refractivity contribution in [1.82, 2.24) is 19.4 Å². The number of likely N-dealkylation sites (N-methyl/N-ethyl adjacent to an activating group) is 1. The Kier molecular flexibility index (Phi) is 7.50. The second kappa shape index (κ2) is 9.88. The molecule has 29 heavy (non-hydrogen) atoms. The highest BCUT2D eigenvalue weighted by atomic mass is 32.2. The Labute approximate surface area is 173 Å². The monoisotopic (exact) mass is 424 g/mol. The molecular weight excluding hydrogens is 392 g/mol. The van der Waals surface area contributed by atoms with E-state index in [0.29, 0.717) is 25.4 Å². The second-order valence-electron chi connectivity index (χ2n) is 7.53. The summed E-state index contributed by atoms with van der Waals surface area (Å²) in [5, 5.41) is 3.22. The van der Waals surface area contributed by atoms with Gasteiger partial charge in [0.05, 0.1) is 18.6 Å². The van der Waals surface area contributed by atoms with E-state index in [0.717, 1.165) is 39.0 Å². The standard InChI is InChI=1S/C20H32N4O4S/c1-3-22-12-4-5-17(22)15-24(16-20(25)23-13-10-21-11-14-23)29(26,27)19-8-6-18(28-2)7-9-19/h6-9,17,21H,3-5,10-16H2,1-2H3/t17-/m0/s1. The molecule has 1 aromatic rings. The molecule has 1 N–H and O–H groups in total. The van der Waals surface area contributed by atoms with Gasteiger partial charge in [-0.3, -0.25) is 9.69 Å². The lowest BCUT2D eigenvalue weighted by molar-refractivity contribution is -0.132. The van der Waals surface area contributed by atoms with Gasteiger partial charge in [0.15, 0.2) is 0 Å². The summed E-state index contributed by atoms with van der Waals surface area (Å²) in [6.45, 7) is 6.86. The number of hydrogen-bond donors (Lipinski definition) is 1. The van der Waals surface area contributed by atoms with Crippen molar-refractivity contribution in [2.75, 3.05) is 59.5 Å². The Bertz CT molecular complexity index is 778. The summed E-state index contributed by atoms with van der Waals surface area (Å²) in [7, 11) is -2.25. The van der Waals surface area contributed by atoms with Crippen molar-refractivity contribution in [3.05, 3.63) is 24.3 Å². The lowest BCUT2D eigenvalue weighted by atomic mass is 10.2. The Morgan fingerprint density at radius 2 is 1.90 bits per heavy atom. The van der Waals surface area contributed by atoms with Gasteiger partial charge >= 0.3 is 0 Å². The number of sulfonamides is 1. The van der Waals surface area contributed by atoms with Crippen LogP contribution in [0.15, 0.2) is 29.2 Å². The first-order valence-corrected chi connectivity index (χ1v) is 11.8. The van der Waals surface area contributed by atoms with Gasteiger partial charge in [-0.15, -0.1) is 0 Å². The van der Waals surface area contributed by atoms with Crippen molar-refractivity contribution in [2.24, 2.45) is 0 Å². The van der Waals surface area contributed by atoms with Crippen LogP contribution in [0.2, 0.25) is 0 Å². The Morgan fingerprint density at radius 3 is 2.52 bits per heavy atom. The maximum absolute atomic E-state index is 13.4. The molecule has 0 spiro atoms. The summed E-state index contributed by atoms with van der Waals surface area (Å²) >= 11 is 0. The highest BCUT2D eigenvalue weighted by Crippen LogP contribution is 2.23. The van der Waals surface area contributed by atoms with Crippen LogP contribution in [0.3, 0.4) is 0 Å². The molecule has 2 fully saturated rings. The third-order valence-electron chi connectivity index (χ3n) is 5.80. The SMILES string of the molecule is CCN1CCC[C@H]1CN(CC(=O)N1CCNCC1)S(=O)(=O)c1ccc(OC)cc1. The first-order valence-electron chi connectivity index (χ1n) is 10.3. The van der Waals surface area contributed by atoms with Gasteiger partial charge in [0.1, 0.15) is 5.75 Å². The molecular formula is C20H32N4O4S. The smallest absolute Gasteiger partial charge is 0.243 e. The molecule has 0 radical (unpaired) electrons. The van der Waals surface area contributed by atoms with Crippen LogP contribution < -0.4 is 10.1 Å².